The first kappa shape index (κ1) is 102. The summed E-state index contributed by atoms with van der Waals surface area (Å²) in [6.45, 7) is 14.3. The van der Waals surface area contributed by atoms with Gasteiger partial charge in [-0.25, -0.2) is 9.13 Å². The van der Waals surface area contributed by atoms with E-state index in [1.807, 2.05) is 0 Å². The van der Waals surface area contributed by atoms with Gasteiger partial charge >= 0.3 is 39.5 Å². The molecular weight excluding hydrogens is 1350 g/mol. The lowest BCUT2D eigenvalue weighted by Crippen LogP contribution is -2.30. The standard InChI is InChI=1S/C85H166O17P2/c1-9-78(8)64-56-48-39-33-27-20-16-12-10-11-13-17-21-28-34-40-49-57-65-82(87)95-71-80(101-84(89)68-60-52-42-36-30-24-23-26-32-38-46-54-62-76(4)5)73-99-103(91,92)97-69-79(86)70-98-104(93,94)100-74-81(72-96-83(88)66-58-50-44-43-47-55-63-77(6)7)102-85(90)67-59-51-41-35-29-22-18-14-15-19-25-31-37-45-53-61-75(2)3/h75-81,86H,9-74H2,1-8H3,(H,91,92)(H,93,94)/t78?,79?,80-,81-/m1/s1. The van der Waals surface area contributed by atoms with Gasteiger partial charge in [0.05, 0.1) is 26.4 Å². The summed E-state index contributed by atoms with van der Waals surface area (Å²) in [5.41, 5.74) is 0. The molecule has 0 fully saturated rings. The third-order valence-corrected chi connectivity index (χ3v) is 22.1. The van der Waals surface area contributed by atoms with E-state index in [1.165, 1.54) is 238 Å². The second-order valence-electron chi connectivity index (χ2n) is 32.2. The number of carbonyl (C=O) groups excluding carboxylic acids is 4. The summed E-state index contributed by atoms with van der Waals surface area (Å²) in [7, 11) is -9.93. The van der Waals surface area contributed by atoms with Crippen LogP contribution in [0.3, 0.4) is 0 Å². The molecule has 0 spiro atoms. The maximum atomic E-state index is 13.1. The molecule has 0 heterocycles. The molecule has 4 unspecified atom stereocenters. The molecule has 19 heteroatoms. The van der Waals surface area contributed by atoms with E-state index < -0.39 is 97.5 Å². The van der Waals surface area contributed by atoms with E-state index in [1.54, 1.807) is 0 Å². The van der Waals surface area contributed by atoms with Crippen molar-refractivity contribution in [1.29, 1.82) is 0 Å². The second kappa shape index (κ2) is 73.8. The fraction of sp³-hybridized carbons (Fsp3) is 0.953. The summed E-state index contributed by atoms with van der Waals surface area (Å²) in [5.74, 6) is 1.02. The molecule has 17 nitrogen and oxygen atoms in total. The summed E-state index contributed by atoms with van der Waals surface area (Å²) >= 11 is 0. The number of unbranched alkanes of at least 4 members (excludes halogenated alkanes) is 47. The number of rotatable bonds is 82. The van der Waals surface area contributed by atoms with Gasteiger partial charge in [-0.2, -0.15) is 0 Å². The van der Waals surface area contributed by atoms with Gasteiger partial charge in [-0.1, -0.05) is 389 Å². The lowest BCUT2D eigenvalue weighted by atomic mass is 9.99. The predicted molar refractivity (Wildman–Crippen MR) is 428 cm³/mol. The number of phosphoric acid groups is 2. The summed E-state index contributed by atoms with van der Waals surface area (Å²) in [6, 6.07) is 0. The van der Waals surface area contributed by atoms with Crippen LogP contribution >= 0.6 is 15.6 Å². The number of ether oxygens (including phenoxy) is 4. The predicted octanol–water partition coefficient (Wildman–Crippen LogP) is 25.6. The van der Waals surface area contributed by atoms with Crippen molar-refractivity contribution in [3.63, 3.8) is 0 Å². The van der Waals surface area contributed by atoms with Crippen LogP contribution in [0.1, 0.15) is 441 Å². The molecule has 618 valence electrons. The van der Waals surface area contributed by atoms with Gasteiger partial charge in [-0.15, -0.1) is 0 Å². The Hall–Kier alpha value is -1.94. The zero-order valence-electron chi connectivity index (χ0n) is 68.7. The second-order valence-corrected chi connectivity index (χ2v) is 35.2. The Morgan fingerprint density at radius 2 is 0.462 bits per heavy atom. The topological polar surface area (TPSA) is 237 Å². The summed E-state index contributed by atoms with van der Waals surface area (Å²) in [5, 5.41) is 10.7. The number of aliphatic hydroxyl groups excluding tert-OH is 1. The van der Waals surface area contributed by atoms with E-state index in [0.717, 1.165) is 114 Å². The average molecular weight is 1520 g/mol. The van der Waals surface area contributed by atoms with E-state index in [4.69, 9.17) is 37.0 Å². The highest BCUT2D eigenvalue weighted by Crippen LogP contribution is 2.45. The maximum absolute atomic E-state index is 13.1. The molecule has 0 saturated heterocycles. The van der Waals surface area contributed by atoms with Crippen molar-refractivity contribution in [1.82, 2.24) is 0 Å². The minimum Gasteiger partial charge on any atom is -0.462 e. The number of phosphoric ester groups is 2. The highest BCUT2D eigenvalue weighted by Gasteiger charge is 2.30. The number of carbonyl (C=O) groups is 4. The molecule has 0 rings (SSSR count). The molecule has 0 aromatic carbocycles. The fourth-order valence-corrected chi connectivity index (χ4v) is 14.7. The van der Waals surface area contributed by atoms with Crippen LogP contribution in [0, 0.1) is 23.7 Å². The monoisotopic (exact) mass is 1520 g/mol. The molecule has 0 amide bonds. The minimum absolute atomic E-state index is 0.106. The maximum Gasteiger partial charge on any atom is 0.472 e. The molecular formula is C85H166O17P2. The fourth-order valence-electron chi connectivity index (χ4n) is 13.1. The Morgan fingerprint density at radius 1 is 0.269 bits per heavy atom. The third kappa shape index (κ3) is 76.8. The number of hydrogen-bond donors (Lipinski definition) is 3. The van der Waals surface area contributed by atoms with Crippen LogP contribution in [0.5, 0.6) is 0 Å². The summed E-state index contributed by atoms with van der Waals surface area (Å²) < 4.78 is 68.8. The summed E-state index contributed by atoms with van der Waals surface area (Å²) in [6.07, 6.45) is 62.7. The molecule has 104 heavy (non-hydrogen) atoms. The van der Waals surface area contributed by atoms with Crippen LogP contribution in [-0.4, -0.2) is 96.7 Å². The van der Waals surface area contributed by atoms with Gasteiger partial charge in [0.1, 0.15) is 19.3 Å². The van der Waals surface area contributed by atoms with Crippen molar-refractivity contribution in [2.75, 3.05) is 39.6 Å². The van der Waals surface area contributed by atoms with E-state index in [0.29, 0.717) is 31.6 Å². The van der Waals surface area contributed by atoms with Gasteiger partial charge in [-0.3, -0.25) is 37.3 Å². The number of esters is 4. The van der Waals surface area contributed by atoms with Crippen LogP contribution in [-0.2, 0) is 65.4 Å². The third-order valence-electron chi connectivity index (χ3n) is 20.2. The van der Waals surface area contributed by atoms with Gasteiger partial charge in [0.2, 0.25) is 0 Å². The Kier molecular flexibility index (Phi) is 72.5. The SMILES string of the molecule is CCC(C)CCCCCCCCCCCCCCCCCCCCC(=O)OC[C@H](COP(=O)(O)OCC(O)COP(=O)(O)OC[C@@H](COC(=O)CCCCCCCCC(C)C)OC(=O)CCCCCCCCCCCCCCCCCC(C)C)OC(=O)CCCCCCCCCCCCCCC(C)C. The van der Waals surface area contributed by atoms with Crippen molar-refractivity contribution >= 4 is 39.5 Å². The normalized spacial score (nSPS) is 14.2. The van der Waals surface area contributed by atoms with E-state index in [9.17, 15) is 43.2 Å². The van der Waals surface area contributed by atoms with Crippen molar-refractivity contribution in [2.24, 2.45) is 23.7 Å². The molecule has 0 saturated carbocycles. The van der Waals surface area contributed by atoms with Crippen LogP contribution in [0.15, 0.2) is 0 Å². The molecule has 6 atom stereocenters. The van der Waals surface area contributed by atoms with Crippen molar-refractivity contribution in [3.05, 3.63) is 0 Å². The average Bonchev–Trinajstić information content (AvgIpc) is 0.905. The first-order valence-corrected chi connectivity index (χ1v) is 46.7. The van der Waals surface area contributed by atoms with Crippen LogP contribution < -0.4 is 0 Å². The van der Waals surface area contributed by atoms with Crippen molar-refractivity contribution in [2.45, 2.75) is 459 Å². The van der Waals surface area contributed by atoms with Crippen molar-refractivity contribution in [3.8, 4) is 0 Å². The van der Waals surface area contributed by atoms with Gasteiger partial charge in [0.25, 0.3) is 0 Å². The van der Waals surface area contributed by atoms with Gasteiger partial charge in [0, 0.05) is 25.7 Å². The molecule has 0 aliphatic rings. The summed E-state index contributed by atoms with van der Waals surface area (Å²) in [4.78, 5) is 73.1. The van der Waals surface area contributed by atoms with Gasteiger partial charge in [0.15, 0.2) is 12.2 Å². The van der Waals surface area contributed by atoms with E-state index in [-0.39, 0.29) is 25.7 Å². The number of hydrogen-bond acceptors (Lipinski definition) is 15. The molecule has 3 N–H and O–H groups in total. The van der Waals surface area contributed by atoms with Crippen molar-refractivity contribution < 1.29 is 80.2 Å². The quantitative estimate of drug-likeness (QED) is 0.0222. The lowest BCUT2D eigenvalue weighted by Gasteiger charge is -2.21. The van der Waals surface area contributed by atoms with Crippen LogP contribution in [0.4, 0.5) is 0 Å². The first-order chi connectivity index (χ1) is 50.1. The smallest absolute Gasteiger partial charge is 0.462 e. The zero-order chi connectivity index (χ0) is 76.7. The Labute approximate surface area is 638 Å². The first-order valence-electron chi connectivity index (χ1n) is 43.7. The van der Waals surface area contributed by atoms with Crippen LogP contribution in [0.2, 0.25) is 0 Å². The lowest BCUT2D eigenvalue weighted by molar-refractivity contribution is -0.161. The Bertz CT molecular complexity index is 2030. The van der Waals surface area contributed by atoms with Gasteiger partial charge < -0.3 is 33.8 Å². The molecule has 0 radical (unpaired) electrons. The molecule has 0 aromatic rings. The Balaban J connectivity index is 5.18. The zero-order valence-corrected chi connectivity index (χ0v) is 70.5. The largest absolute Gasteiger partial charge is 0.472 e. The number of aliphatic hydroxyl groups is 1. The molecule has 0 bridgehead atoms. The van der Waals surface area contributed by atoms with Crippen LogP contribution in [0.25, 0.3) is 0 Å². The van der Waals surface area contributed by atoms with Gasteiger partial charge in [-0.05, 0) is 49.4 Å². The van der Waals surface area contributed by atoms with E-state index in [2.05, 4.69) is 55.4 Å². The molecule has 0 aliphatic carbocycles. The minimum atomic E-state index is -4.96. The highest BCUT2D eigenvalue weighted by molar-refractivity contribution is 7.47. The molecule has 0 aliphatic heterocycles. The molecule has 0 aromatic heterocycles. The van der Waals surface area contributed by atoms with E-state index >= 15 is 0 Å². The Morgan fingerprint density at radius 3 is 0.683 bits per heavy atom. The highest BCUT2D eigenvalue weighted by atomic mass is 31.2.